The van der Waals surface area contributed by atoms with Gasteiger partial charge in [0, 0.05) is 19.6 Å². The second-order valence-corrected chi connectivity index (χ2v) is 2.83. The Morgan fingerprint density at radius 3 is 2.20 bits per heavy atom. The maximum Gasteiger partial charge on any atom is 0.407 e. The first-order valence-electron chi connectivity index (χ1n) is 4.40. The molecule has 0 saturated heterocycles. The van der Waals surface area contributed by atoms with E-state index in [1.807, 2.05) is 0 Å². The van der Waals surface area contributed by atoms with Crippen molar-refractivity contribution in [2.45, 2.75) is 6.92 Å². The van der Waals surface area contributed by atoms with Crippen LogP contribution in [0.2, 0.25) is 0 Å². The molecular weight excluding hydrogens is 204 g/mol. The minimum atomic E-state index is -1.12. The van der Waals surface area contributed by atoms with Crippen LogP contribution in [-0.2, 0) is 9.59 Å². The number of hydrogen-bond acceptors (Lipinski definition) is 3. The summed E-state index contributed by atoms with van der Waals surface area (Å²) in [6.45, 7) is 1.74. The van der Waals surface area contributed by atoms with E-state index in [2.05, 4.69) is 0 Å². The van der Waals surface area contributed by atoms with Gasteiger partial charge >= 0.3 is 12.1 Å². The Balaban J connectivity index is 4.03. The maximum atomic E-state index is 10.6. The van der Waals surface area contributed by atoms with Crippen molar-refractivity contribution in [3.05, 3.63) is 0 Å². The van der Waals surface area contributed by atoms with Gasteiger partial charge in [-0.15, -0.1) is 0 Å². The molecular formula is C8H14N2O5. The van der Waals surface area contributed by atoms with Crippen molar-refractivity contribution in [1.29, 1.82) is 0 Å². The van der Waals surface area contributed by atoms with Crippen molar-refractivity contribution in [2.24, 2.45) is 0 Å². The second-order valence-electron chi connectivity index (χ2n) is 2.83. The minimum absolute atomic E-state index is 0.0793. The zero-order valence-corrected chi connectivity index (χ0v) is 8.42. The Bertz CT molecular complexity index is 243. The van der Waals surface area contributed by atoms with E-state index in [0.29, 0.717) is 13.0 Å². The van der Waals surface area contributed by atoms with Gasteiger partial charge in [0.2, 0.25) is 6.41 Å². The van der Waals surface area contributed by atoms with Crippen LogP contribution in [0.1, 0.15) is 6.92 Å². The Morgan fingerprint density at radius 1 is 1.27 bits per heavy atom. The molecule has 0 aliphatic rings. The van der Waals surface area contributed by atoms with E-state index in [9.17, 15) is 14.4 Å². The number of carbonyl (C=O) groups is 3. The van der Waals surface area contributed by atoms with E-state index < -0.39 is 18.6 Å². The Labute approximate surface area is 86.9 Å². The summed E-state index contributed by atoms with van der Waals surface area (Å²) in [5.74, 6) is -1.12. The number of carboxylic acid groups (broad SMARTS) is 2. The molecule has 0 radical (unpaired) electrons. The molecule has 0 saturated carbocycles. The van der Waals surface area contributed by atoms with E-state index in [-0.39, 0.29) is 13.1 Å². The smallest absolute Gasteiger partial charge is 0.407 e. The van der Waals surface area contributed by atoms with E-state index >= 15 is 0 Å². The Hall–Kier alpha value is -1.79. The van der Waals surface area contributed by atoms with Gasteiger partial charge in [0.05, 0.1) is 0 Å². The van der Waals surface area contributed by atoms with Crippen molar-refractivity contribution in [3.8, 4) is 0 Å². The predicted octanol–water partition coefficient (Wildman–Crippen LogP) is -0.471. The van der Waals surface area contributed by atoms with Crippen molar-refractivity contribution in [3.63, 3.8) is 0 Å². The third-order valence-electron chi connectivity index (χ3n) is 1.80. The lowest BCUT2D eigenvalue weighted by Crippen LogP contribution is -2.39. The fourth-order valence-electron chi connectivity index (χ4n) is 0.981. The molecule has 0 aromatic heterocycles. The first kappa shape index (κ1) is 13.2. The van der Waals surface area contributed by atoms with Crippen molar-refractivity contribution in [2.75, 3.05) is 26.2 Å². The molecule has 0 rings (SSSR count). The molecule has 0 heterocycles. The number of carbonyl (C=O) groups excluding carboxylic acids is 1. The lowest BCUT2D eigenvalue weighted by molar-refractivity contribution is -0.140. The zero-order chi connectivity index (χ0) is 11.8. The van der Waals surface area contributed by atoms with Crippen molar-refractivity contribution < 1.29 is 24.6 Å². The van der Waals surface area contributed by atoms with E-state index in [1.54, 1.807) is 6.92 Å². The van der Waals surface area contributed by atoms with Gasteiger partial charge in [-0.3, -0.25) is 9.59 Å². The highest BCUT2D eigenvalue weighted by Gasteiger charge is 2.12. The number of hydrogen-bond donors (Lipinski definition) is 2. The molecule has 86 valence electrons. The van der Waals surface area contributed by atoms with Gasteiger partial charge < -0.3 is 20.0 Å². The highest BCUT2D eigenvalue weighted by Crippen LogP contribution is 1.91. The monoisotopic (exact) mass is 218 g/mol. The number of likely N-dealkylation sites (N-methyl/N-ethyl adjacent to an activating group) is 1. The van der Waals surface area contributed by atoms with Gasteiger partial charge in [0.15, 0.2) is 0 Å². The first-order valence-corrected chi connectivity index (χ1v) is 4.40. The van der Waals surface area contributed by atoms with Crippen LogP contribution in [0.25, 0.3) is 0 Å². The van der Waals surface area contributed by atoms with Crippen molar-refractivity contribution >= 4 is 18.5 Å². The average molecular weight is 218 g/mol. The molecule has 7 nitrogen and oxygen atoms in total. The molecule has 0 bridgehead atoms. The molecule has 0 spiro atoms. The third-order valence-corrected chi connectivity index (χ3v) is 1.80. The standard InChI is InChI=1S/C8H14N2O5/c1-2-10(8(14)15)4-3-9(6-11)5-7(12)13/h6H,2-5H2,1H3,(H,12,13)(H,14,15). The zero-order valence-electron chi connectivity index (χ0n) is 8.42. The van der Waals surface area contributed by atoms with Crippen LogP contribution in [0, 0.1) is 0 Å². The lowest BCUT2D eigenvalue weighted by Gasteiger charge is -2.21. The van der Waals surface area contributed by atoms with Gasteiger partial charge in [0.25, 0.3) is 0 Å². The highest BCUT2D eigenvalue weighted by molar-refractivity contribution is 5.72. The Morgan fingerprint density at radius 2 is 1.87 bits per heavy atom. The molecule has 7 heteroatoms. The number of rotatable bonds is 7. The van der Waals surface area contributed by atoms with E-state index in [1.165, 1.54) is 0 Å². The minimum Gasteiger partial charge on any atom is -0.480 e. The molecule has 0 aliphatic heterocycles. The molecule has 0 aliphatic carbocycles. The molecule has 2 amide bonds. The first-order chi connectivity index (χ1) is 7.01. The summed E-state index contributed by atoms with van der Waals surface area (Å²) < 4.78 is 0. The number of aliphatic carboxylic acids is 1. The summed E-state index contributed by atoms with van der Waals surface area (Å²) in [5.41, 5.74) is 0. The molecule has 0 unspecified atom stereocenters. The molecule has 0 fully saturated rings. The Kier molecular flexibility index (Phi) is 5.84. The largest absolute Gasteiger partial charge is 0.480 e. The van der Waals surface area contributed by atoms with E-state index in [4.69, 9.17) is 10.2 Å². The fourth-order valence-corrected chi connectivity index (χ4v) is 0.981. The molecule has 2 N–H and O–H groups in total. The summed E-state index contributed by atoms with van der Waals surface area (Å²) >= 11 is 0. The fraction of sp³-hybridized carbons (Fsp3) is 0.625. The number of nitrogens with zero attached hydrogens (tertiary/aromatic N) is 2. The van der Waals surface area contributed by atoms with Gasteiger partial charge in [-0.25, -0.2) is 4.79 Å². The quantitative estimate of drug-likeness (QED) is 0.563. The molecule has 15 heavy (non-hydrogen) atoms. The van der Waals surface area contributed by atoms with Gasteiger partial charge in [-0.2, -0.15) is 0 Å². The summed E-state index contributed by atoms with van der Waals surface area (Å²) in [5, 5.41) is 17.1. The third kappa shape index (κ3) is 5.50. The van der Waals surface area contributed by atoms with Gasteiger partial charge in [-0.05, 0) is 6.92 Å². The second kappa shape index (κ2) is 6.63. The van der Waals surface area contributed by atoms with Crippen LogP contribution < -0.4 is 0 Å². The predicted molar refractivity (Wildman–Crippen MR) is 50.5 cm³/mol. The molecule has 0 aromatic carbocycles. The normalized spacial score (nSPS) is 9.40. The molecule has 0 atom stereocenters. The lowest BCUT2D eigenvalue weighted by atomic mass is 10.4. The van der Waals surface area contributed by atoms with Crippen LogP contribution in [0.3, 0.4) is 0 Å². The van der Waals surface area contributed by atoms with Crippen LogP contribution >= 0.6 is 0 Å². The van der Waals surface area contributed by atoms with Crippen LogP contribution in [0.15, 0.2) is 0 Å². The highest BCUT2D eigenvalue weighted by atomic mass is 16.4. The SMILES string of the molecule is CCN(CCN(C=O)CC(=O)O)C(=O)O. The van der Waals surface area contributed by atoms with Crippen LogP contribution in [0.4, 0.5) is 4.79 Å². The van der Waals surface area contributed by atoms with E-state index in [0.717, 1.165) is 9.80 Å². The summed E-state index contributed by atoms with van der Waals surface area (Å²) in [6, 6.07) is 0. The topological polar surface area (TPSA) is 98.2 Å². The average Bonchev–Trinajstić information content (AvgIpc) is 2.15. The van der Waals surface area contributed by atoms with Crippen molar-refractivity contribution in [1.82, 2.24) is 9.80 Å². The van der Waals surface area contributed by atoms with Crippen LogP contribution in [-0.4, -0.2) is 64.7 Å². The maximum absolute atomic E-state index is 10.6. The summed E-state index contributed by atoms with van der Waals surface area (Å²) in [6.07, 6.45) is -0.692. The molecule has 0 aromatic rings. The number of amides is 2. The summed E-state index contributed by atoms with van der Waals surface area (Å²) in [7, 11) is 0. The van der Waals surface area contributed by atoms with Gasteiger partial charge in [0.1, 0.15) is 6.54 Å². The summed E-state index contributed by atoms with van der Waals surface area (Å²) in [4.78, 5) is 33.4. The van der Waals surface area contributed by atoms with Crippen LogP contribution in [0.5, 0.6) is 0 Å². The van der Waals surface area contributed by atoms with Gasteiger partial charge in [-0.1, -0.05) is 0 Å². The number of carboxylic acids is 1.